The molecule has 20 heavy (non-hydrogen) atoms. The highest BCUT2D eigenvalue weighted by atomic mass is 32.1. The lowest BCUT2D eigenvalue weighted by Gasteiger charge is -2.36. The van der Waals surface area contributed by atoms with E-state index >= 15 is 0 Å². The van der Waals surface area contributed by atoms with Gasteiger partial charge in [0.2, 0.25) is 0 Å². The molecule has 2 atom stereocenters. The number of likely N-dealkylation sites (tertiary alicyclic amines) is 1. The lowest BCUT2D eigenvalue weighted by Crippen LogP contribution is -2.40. The predicted octanol–water partition coefficient (Wildman–Crippen LogP) is 3.51. The van der Waals surface area contributed by atoms with Crippen molar-refractivity contribution in [2.24, 2.45) is 11.8 Å². The third-order valence-corrected chi connectivity index (χ3v) is 4.94. The minimum Gasteiger partial charge on any atom is -0.310 e. The zero-order valence-corrected chi connectivity index (χ0v) is 14.2. The molecule has 4 heteroatoms. The number of piperidine rings is 1. The smallest absolute Gasteiger partial charge is 0.107 e. The highest BCUT2D eigenvalue weighted by Gasteiger charge is 2.23. The third-order valence-electron chi connectivity index (χ3n) is 4.04. The standard InChI is InChI=1S/C16H29N3S/c1-12(2)7-17-8-16-18-15(11-20-16)10-19-9-13(3)5-6-14(19)4/h11-14,17H,5-10H2,1-4H3. The summed E-state index contributed by atoms with van der Waals surface area (Å²) in [6, 6.07) is 0.704. The average Bonchev–Trinajstić information content (AvgIpc) is 2.81. The van der Waals surface area contributed by atoms with Gasteiger partial charge in [0.25, 0.3) is 0 Å². The van der Waals surface area contributed by atoms with Gasteiger partial charge in [-0.2, -0.15) is 0 Å². The van der Waals surface area contributed by atoms with Gasteiger partial charge in [-0.3, -0.25) is 4.90 Å². The maximum atomic E-state index is 4.78. The maximum Gasteiger partial charge on any atom is 0.107 e. The first-order valence-electron chi connectivity index (χ1n) is 7.92. The summed E-state index contributed by atoms with van der Waals surface area (Å²) in [6.07, 6.45) is 2.70. The molecule has 2 heterocycles. The molecule has 1 aromatic heterocycles. The Morgan fingerprint density at radius 3 is 2.95 bits per heavy atom. The van der Waals surface area contributed by atoms with Gasteiger partial charge in [0, 0.05) is 31.1 Å². The van der Waals surface area contributed by atoms with Gasteiger partial charge in [0.05, 0.1) is 5.69 Å². The van der Waals surface area contributed by atoms with E-state index in [2.05, 4.69) is 43.3 Å². The molecule has 0 spiro atoms. The minimum atomic E-state index is 0.699. The lowest BCUT2D eigenvalue weighted by atomic mass is 9.95. The summed E-state index contributed by atoms with van der Waals surface area (Å²) in [7, 11) is 0. The summed E-state index contributed by atoms with van der Waals surface area (Å²) in [6.45, 7) is 13.4. The number of nitrogens with zero attached hydrogens (tertiary/aromatic N) is 2. The number of hydrogen-bond donors (Lipinski definition) is 1. The highest BCUT2D eigenvalue weighted by Crippen LogP contribution is 2.23. The van der Waals surface area contributed by atoms with Gasteiger partial charge in [-0.25, -0.2) is 4.98 Å². The molecule has 1 fully saturated rings. The number of rotatable bonds is 6. The predicted molar refractivity (Wildman–Crippen MR) is 86.9 cm³/mol. The average molecular weight is 295 g/mol. The van der Waals surface area contributed by atoms with Gasteiger partial charge in [-0.1, -0.05) is 20.8 Å². The van der Waals surface area contributed by atoms with Crippen LogP contribution in [0, 0.1) is 11.8 Å². The third kappa shape index (κ3) is 4.83. The molecule has 0 aromatic carbocycles. The Morgan fingerprint density at radius 1 is 1.40 bits per heavy atom. The molecule has 1 saturated heterocycles. The number of nitrogens with one attached hydrogen (secondary N) is 1. The second kappa shape index (κ2) is 7.53. The minimum absolute atomic E-state index is 0.699. The molecule has 114 valence electrons. The van der Waals surface area contributed by atoms with E-state index in [0.29, 0.717) is 12.0 Å². The van der Waals surface area contributed by atoms with Crippen molar-refractivity contribution >= 4 is 11.3 Å². The first-order chi connectivity index (χ1) is 9.54. The molecule has 1 aliphatic heterocycles. The van der Waals surface area contributed by atoms with E-state index in [9.17, 15) is 0 Å². The van der Waals surface area contributed by atoms with Crippen molar-refractivity contribution in [2.45, 2.75) is 59.7 Å². The van der Waals surface area contributed by atoms with E-state index in [1.54, 1.807) is 11.3 Å². The normalized spacial score (nSPS) is 24.4. The molecule has 0 bridgehead atoms. The first-order valence-corrected chi connectivity index (χ1v) is 8.80. The van der Waals surface area contributed by atoms with Crippen molar-refractivity contribution in [1.29, 1.82) is 0 Å². The summed E-state index contributed by atoms with van der Waals surface area (Å²) in [5.74, 6) is 1.53. The Hall–Kier alpha value is -0.450. The topological polar surface area (TPSA) is 28.2 Å². The zero-order valence-electron chi connectivity index (χ0n) is 13.4. The second-order valence-corrected chi connectivity index (χ2v) is 7.66. The molecular formula is C16H29N3S. The van der Waals surface area contributed by atoms with Gasteiger partial charge in [-0.15, -0.1) is 11.3 Å². The molecule has 0 amide bonds. The highest BCUT2D eigenvalue weighted by molar-refractivity contribution is 7.09. The Balaban J connectivity index is 1.82. The van der Waals surface area contributed by atoms with Gasteiger partial charge in [0.1, 0.15) is 5.01 Å². The fourth-order valence-electron chi connectivity index (χ4n) is 2.78. The van der Waals surface area contributed by atoms with E-state index in [0.717, 1.165) is 25.6 Å². The molecule has 0 saturated carbocycles. The van der Waals surface area contributed by atoms with E-state index in [1.165, 1.54) is 30.1 Å². The molecular weight excluding hydrogens is 266 g/mol. The molecule has 1 N–H and O–H groups in total. The van der Waals surface area contributed by atoms with Crippen molar-refractivity contribution in [3.05, 3.63) is 16.1 Å². The van der Waals surface area contributed by atoms with Gasteiger partial charge >= 0.3 is 0 Å². The van der Waals surface area contributed by atoms with Crippen molar-refractivity contribution in [1.82, 2.24) is 15.2 Å². The van der Waals surface area contributed by atoms with E-state index in [-0.39, 0.29) is 0 Å². The van der Waals surface area contributed by atoms with Crippen LogP contribution in [0.3, 0.4) is 0 Å². The summed E-state index contributed by atoms with van der Waals surface area (Å²) in [5.41, 5.74) is 1.25. The van der Waals surface area contributed by atoms with Crippen LogP contribution in [0.2, 0.25) is 0 Å². The van der Waals surface area contributed by atoms with Crippen LogP contribution in [0.5, 0.6) is 0 Å². The summed E-state index contributed by atoms with van der Waals surface area (Å²) in [4.78, 5) is 7.37. The van der Waals surface area contributed by atoms with Crippen molar-refractivity contribution in [2.75, 3.05) is 13.1 Å². The van der Waals surface area contributed by atoms with Crippen LogP contribution in [0.15, 0.2) is 5.38 Å². The van der Waals surface area contributed by atoms with Crippen molar-refractivity contribution in [3.8, 4) is 0 Å². The van der Waals surface area contributed by atoms with Crippen LogP contribution in [-0.4, -0.2) is 29.0 Å². The van der Waals surface area contributed by atoms with Crippen LogP contribution in [-0.2, 0) is 13.1 Å². The van der Waals surface area contributed by atoms with Gasteiger partial charge in [-0.05, 0) is 38.1 Å². The molecule has 2 rings (SSSR count). The number of hydrogen-bond acceptors (Lipinski definition) is 4. The Kier molecular flexibility index (Phi) is 6.00. The van der Waals surface area contributed by atoms with Crippen LogP contribution in [0.1, 0.15) is 51.2 Å². The van der Waals surface area contributed by atoms with Gasteiger partial charge < -0.3 is 5.32 Å². The number of thiazole rings is 1. The summed E-state index contributed by atoms with van der Waals surface area (Å²) < 4.78 is 0. The van der Waals surface area contributed by atoms with Crippen LogP contribution in [0.4, 0.5) is 0 Å². The zero-order chi connectivity index (χ0) is 14.5. The molecule has 0 aliphatic carbocycles. The summed E-state index contributed by atoms with van der Waals surface area (Å²) in [5, 5.41) is 6.92. The SMILES string of the molecule is CC(C)CNCc1nc(CN2CC(C)CCC2C)cs1. The molecule has 1 aliphatic rings. The van der Waals surface area contributed by atoms with Gasteiger partial charge in [0.15, 0.2) is 0 Å². The largest absolute Gasteiger partial charge is 0.310 e. The molecule has 2 unspecified atom stereocenters. The fourth-order valence-corrected chi connectivity index (χ4v) is 3.53. The fraction of sp³-hybridized carbons (Fsp3) is 0.812. The molecule has 3 nitrogen and oxygen atoms in total. The van der Waals surface area contributed by atoms with Crippen LogP contribution in [0.25, 0.3) is 0 Å². The van der Waals surface area contributed by atoms with Crippen LogP contribution >= 0.6 is 11.3 Å². The Morgan fingerprint density at radius 2 is 2.20 bits per heavy atom. The van der Waals surface area contributed by atoms with Crippen molar-refractivity contribution < 1.29 is 0 Å². The van der Waals surface area contributed by atoms with Crippen LogP contribution < -0.4 is 5.32 Å². The molecule has 1 aromatic rings. The van der Waals surface area contributed by atoms with Crippen molar-refractivity contribution in [3.63, 3.8) is 0 Å². The molecule has 0 radical (unpaired) electrons. The second-order valence-electron chi connectivity index (χ2n) is 6.72. The van der Waals surface area contributed by atoms with E-state index in [4.69, 9.17) is 4.98 Å². The Bertz CT molecular complexity index is 402. The quantitative estimate of drug-likeness (QED) is 0.870. The summed E-state index contributed by atoms with van der Waals surface area (Å²) >= 11 is 1.79. The Labute approximate surface area is 127 Å². The first kappa shape index (κ1) is 15.9. The van der Waals surface area contributed by atoms with E-state index < -0.39 is 0 Å². The maximum absolute atomic E-state index is 4.78. The number of aromatic nitrogens is 1. The monoisotopic (exact) mass is 295 g/mol. The lowest BCUT2D eigenvalue weighted by molar-refractivity contribution is 0.116. The van der Waals surface area contributed by atoms with E-state index in [1.807, 2.05) is 0 Å².